The van der Waals surface area contributed by atoms with Gasteiger partial charge >= 0.3 is 5.97 Å². The number of aliphatic carboxylic acids is 1. The zero-order valence-electron chi connectivity index (χ0n) is 11.9. The molecule has 1 fully saturated rings. The van der Waals surface area contributed by atoms with Gasteiger partial charge in [-0.3, -0.25) is 9.69 Å². The SMILES string of the molecule is CNC(C)(CC(C)N(CCOC)C1CC1)C(=O)O. The number of ether oxygens (including phenoxy) is 1. The highest BCUT2D eigenvalue weighted by atomic mass is 16.5. The highest BCUT2D eigenvalue weighted by Gasteiger charge is 2.38. The summed E-state index contributed by atoms with van der Waals surface area (Å²) in [6, 6.07) is 0.853. The summed E-state index contributed by atoms with van der Waals surface area (Å²) in [5.41, 5.74) is -0.861. The molecule has 0 aromatic rings. The van der Waals surface area contributed by atoms with Crippen molar-refractivity contribution in [1.82, 2.24) is 10.2 Å². The summed E-state index contributed by atoms with van der Waals surface area (Å²) in [4.78, 5) is 13.7. The maximum atomic E-state index is 11.3. The van der Waals surface area contributed by atoms with Gasteiger partial charge in [0.2, 0.25) is 0 Å². The van der Waals surface area contributed by atoms with E-state index in [1.54, 1.807) is 21.1 Å². The van der Waals surface area contributed by atoms with Gasteiger partial charge in [0.25, 0.3) is 0 Å². The van der Waals surface area contributed by atoms with Gasteiger partial charge in [-0.05, 0) is 40.2 Å². The molecule has 18 heavy (non-hydrogen) atoms. The Morgan fingerprint density at radius 1 is 1.61 bits per heavy atom. The third-order valence-corrected chi connectivity index (χ3v) is 3.86. The van der Waals surface area contributed by atoms with Gasteiger partial charge < -0.3 is 15.2 Å². The standard InChI is InChI=1S/C13H26N2O3/c1-10(9-13(2,14-3)12(16)17)15(7-8-18-4)11-5-6-11/h10-11,14H,5-9H2,1-4H3,(H,16,17). The first-order valence-electron chi connectivity index (χ1n) is 6.61. The number of carboxylic acid groups (broad SMARTS) is 1. The molecule has 5 heteroatoms. The largest absolute Gasteiger partial charge is 0.480 e. The molecule has 1 saturated carbocycles. The Hall–Kier alpha value is -0.650. The normalized spacial score (nSPS) is 20.7. The van der Waals surface area contributed by atoms with Crippen LogP contribution in [0.3, 0.4) is 0 Å². The van der Waals surface area contributed by atoms with Crippen molar-refractivity contribution in [3.05, 3.63) is 0 Å². The van der Waals surface area contributed by atoms with E-state index >= 15 is 0 Å². The first kappa shape index (κ1) is 15.4. The molecular weight excluding hydrogens is 232 g/mol. The van der Waals surface area contributed by atoms with E-state index in [9.17, 15) is 9.90 Å². The van der Waals surface area contributed by atoms with E-state index in [1.165, 1.54) is 12.8 Å². The van der Waals surface area contributed by atoms with E-state index in [-0.39, 0.29) is 6.04 Å². The number of carbonyl (C=O) groups is 1. The molecule has 0 bridgehead atoms. The molecule has 106 valence electrons. The Morgan fingerprint density at radius 3 is 2.61 bits per heavy atom. The molecule has 2 N–H and O–H groups in total. The fourth-order valence-corrected chi connectivity index (χ4v) is 2.37. The van der Waals surface area contributed by atoms with Crippen LogP contribution in [0.5, 0.6) is 0 Å². The molecule has 0 amide bonds. The van der Waals surface area contributed by atoms with Crippen LogP contribution in [-0.2, 0) is 9.53 Å². The average molecular weight is 258 g/mol. The average Bonchev–Trinajstić information content (AvgIpc) is 3.13. The summed E-state index contributed by atoms with van der Waals surface area (Å²) in [5.74, 6) is -0.792. The maximum Gasteiger partial charge on any atom is 0.323 e. The van der Waals surface area contributed by atoms with Crippen LogP contribution in [-0.4, -0.2) is 60.9 Å². The van der Waals surface area contributed by atoms with Crippen LogP contribution in [0.2, 0.25) is 0 Å². The summed E-state index contributed by atoms with van der Waals surface area (Å²) in [6.45, 7) is 5.42. The van der Waals surface area contributed by atoms with Crippen LogP contribution in [0, 0.1) is 0 Å². The summed E-state index contributed by atoms with van der Waals surface area (Å²) in [7, 11) is 3.40. The summed E-state index contributed by atoms with van der Waals surface area (Å²) < 4.78 is 5.13. The second-order valence-electron chi connectivity index (χ2n) is 5.40. The van der Waals surface area contributed by atoms with Crippen LogP contribution in [0.25, 0.3) is 0 Å². The maximum absolute atomic E-state index is 11.3. The molecular formula is C13H26N2O3. The first-order chi connectivity index (χ1) is 8.44. The summed E-state index contributed by atoms with van der Waals surface area (Å²) in [5, 5.41) is 12.2. The lowest BCUT2D eigenvalue weighted by Crippen LogP contribution is -2.52. The lowest BCUT2D eigenvalue weighted by Gasteiger charge is -2.34. The minimum Gasteiger partial charge on any atom is -0.480 e. The van der Waals surface area contributed by atoms with Crippen LogP contribution >= 0.6 is 0 Å². The summed E-state index contributed by atoms with van der Waals surface area (Å²) >= 11 is 0. The van der Waals surface area contributed by atoms with E-state index < -0.39 is 11.5 Å². The van der Waals surface area contributed by atoms with Crippen LogP contribution in [0.15, 0.2) is 0 Å². The molecule has 0 radical (unpaired) electrons. The molecule has 1 rings (SSSR count). The Balaban J connectivity index is 2.59. The predicted octanol–water partition coefficient (Wildman–Crippen LogP) is 0.939. The fraction of sp³-hybridized carbons (Fsp3) is 0.923. The van der Waals surface area contributed by atoms with Crippen molar-refractivity contribution in [2.45, 2.75) is 50.7 Å². The number of methoxy groups -OCH3 is 1. The predicted molar refractivity (Wildman–Crippen MR) is 70.8 cm³/mol. The van der Waals surface area contributed by atoms with Gasteiger partial charge in [-0.1, -0.05) is 0 Å². The van der Waals surface area contributed by atoms with Gasteiger partial charge in [0, 0.05) is 25.7 Å². The van der Waals surface area contributed by atoms with E-state index in [0.717, 1.165) is 6.54 Å². The molecule has 0 saturated heterocycles. The molecule has 5 nitrogen and oxygen atoms in total. The van der Waals surface area contributed by atoms with E-state index in [4.69, 9.17) is 4.74 Å². The first-order valence-corrected chi connectivity index (χ1v) is 6.61. The number of nitrogens with one attached hydrogen (secondary N) is 1. The molecule has 0 aromatic heterocycles. The minimum absolute atomic E-state index is 0.237. The fourth-order valence-electron chi connectivity index (χ4n) is 2.37. The Morgan fingerprint density at radius 2 is 2.22 bits per heavy atom. The third-order valence-electron chi connectivity index (χ3n) is 3.86. The lowest BCUT2D eigenvalue weighted by atomic mass is 9.93. The monoisotopic (exact) mass is 258 g/mol. The van der Waals surface area contributed by atoms with Gasteiger partial charge in [-0.15, -0.1) is 0 Å². The third kappa shape index (κ3) is 3.93. The highest BCUT2D eigenvalue weighted by molar-refractivity contribution is 5.78. The molecule has 0 aromatic carbocycles. The molecule has 2 unspecified atom stereocenters. The Bertz CT molecular complexity index is 281. The van der Waals surface area contributed by atoms with Crippen molar-refractivity contribution < 1.29 is 14.6 Å². The number of nitrogens with zero attached hydrogens (tertiary/aromatic N) is 1. The summed E-state index contributed by atoms with van der Waals surface area (Å²) in [6.07, 6.45) is 3.04. The van der Waals surface area contributed by atoms with Crippen LogP contribution in [0.4, 0.5) is 0 Å². The second kappa shape index (κ2) is 6.50. The Kier molecular flexibility index (Phi) is 5.56. The molecule has 2 atom stereocenters. The number of hydrogen-bond acceptors (Lipinski definition) is 4. The van der Waals surface area contributed by atoms with Crippen molar-refractivity contribution >= 4 is 5.97 Å². The van der Waals surface area contributed by atoms with Crippen molar-refractivity contribution in [1.29, 1.82) is 0 Å². The highest BCUT2D eigenvalue weighted by Crippen LogP contribution is 2.30. The zero-order valence-corrected chi connectivity index (χ0v) is 11.9. The molecule has 0 aliphatic heterocycles. The molecule has 0 heterocycles. The van der Waals surface area contributed by atoms with Crippen molar-refractivity contribution in [3.63, 3.8) is 0 Å². The second-order valence-corrected chi connectivity index (χ2v) is 5.40. The zero-order chi connectivity index (χ0) is 13.8. The van der Waals surface area contributed by atoms with Crippen molar-refractivity contribution in [2.75, 3.05) is 27.3 Å². The minimum atomic E-state index is -0.861. The molecule has 1 aliphatic carbocycles. The van der Waals surface area contributed by atoms with Gasteiger partial charge in [0.15, 0.2) is 0 Å². The Labute approximate surface area is 109 Å². The van der Waals surface area contributed by atoms with Gasteiger partial charge in [0.1, 0.15) is 5.54 Å². The van der Waals surface area contributed by atoms with Crippen molar-refractivity contribution in [3.8, 4) is 0 Å². The number of rotatable bonds is 9. The van der Waals surface area contributed by atoms with Crippen LogP contribution in [0.1, 0.15) is 33.1 Å². The van der Waals surface area contributed by atoms with Crippen molar-refractivity contribution in [2.24, 2.45) is 0 Å². The van der Waals surface area contributed by atoms with Gasteiger partial charge in [-0.2, -0.15) is 0 Å². The molecule has 1 aliphatic rings. The smallest absolute Gasteiger partial charge is 0.323 e. The van der Waals surface area contributed by atoms with E-state index in [0.29, 0.717) is 19.1 Å². The van der Waals surface area contributed by atoms with E-state index in [2.05, 4.69) is 17.1 Å². The number of likely N-dealkylation sites (N-methyl/N-ethyl adjacent to an activating group) is 1. The lowest BCUT2D eigenvalue weighted by molar-refractivity contribution is -0.144. The number of carboxylic acids is 1. The topological polar surface area (TPSA) is 61.8 Å². The van der Waals surface area contributed by atoms with Gasteiger partial charge in [0.05, 0.1) is 6.61 Å². The number of hydrogen-bond donors (Lipinski definition) is 2. The quantitative estimate of drug-likeness (QED) is 0.644. The van der Waals surface area contributed by atoms with Crippen LogP contribution < -0.4 is 5.32 Å². The molecule has 0 spiro atoms. The van der Waals surface area contributed by atoms with E-state index in [1.807, 2.05) is 0 Å². The van der Waals surface area contributed by atoms with Gasteiger partial charge in [-0.25, -0.2) is 0 Å².